The molecule has 0 saturated carbocycles. The van der Waals surface area contributed by atoms with Crippen LogP contribution in [0.3, 0.4) is 0 Å². The molecular weight excluding hydrogens is 248 g/mol. The number of hydrogen-bond acceptors (Lipinski definition) is 6. The molecule has 0 spiro atoms. The zero-order chi connectivity index (χ0) is 13.0. The fourth-order valence-electron chi connectivity index (χ4n) is 1.38. The third-order valence-electron chi connectivity index (χ3n) is 2.31. The van der Waals surface area contributed by atoms with Crippen molar-refractivity contribution in [1.82, 2.24) is 20.3 Å². The zero-order valence-electron chi connectivity index (χ0n) is 10.7. The summed E-state index contributed by atoms with van der Waals surface area (Å²) in [5, 5.41) is 4.25. The maximum Gasteiger partial charge on any atom is 0.216 e. The molecule has 5 nitrogen and oxygen atoms in total. The summed E-state index contributed by atoms with van der Waals surface area (Å²) < 4.78 is 5.08. The van der Waals surface area contributed by atoms with Gasteiger partial charge in [0.25, 0.3) is 0 Å². The first kappa shape index (κ1) is 12.9. The molecule has 0 aliphatic heterocycles. The van der Waals surface area contributed by atoms with E-state index in [1.807, 2.05) is 6.20 Å². The predicted molar refractivity (Wildman–Crippen MR) is 71.7 cm³/mol. The van der Waals surface area contributed by atoms with Crippen LogP contribution in [0.4, 0.5) is 0 Å². The Hall–Kier alpha value is -1.53. The van der Waals surface area contributed by atoms with Crippen LogP contribution in [0.5, 0.6) is 5.88 Å². The van der Waals surface area contributed by atoms with Gasteiger partial charge in [0.1, 0.15) is 17.0 Å². The van der Waals surface area contributed by atoms with Crippen molar-refractivity contribution >= 4 is 11.3 Å². The third kappa shape index (κ3) is 3.24. The minimum Gasteiger partial charge on any atom is -0.481 e. The van der Waals surface area contributed by atoms with E-state index >= 15 is 0 Å². The largest absolute Gasteiger partial charge is 0.481 e. The molecule has 0 aliphatic rings. The normalized spacial score (nSPS) is 10.9. The molecule has 1 N–H and O–H groups in total. The van der Waals surface area contributed by atoms with Gasteiger partial charge in [0, 0.05) is 29.7 Å². The maximum absolute atomic E-state index is 5.08. The Morgan fingerprint density at radius 1 is 1.33 bits per heavy atom. The minimum absolute atomic E-state index is 0.467. The molecular formula is C12H16N4OS. The lowest BCUT2D eigenvalue weighted by Crippen LogP contribution is -2.21. The quantitative estimate of drug-likeness (QED) is 0.896. The molecule has 0 amide bonds. The highest BCUT2D eigenvalue weighted by atomic mass is 32.1. The van der Waals surface area contributed by atoms with Crippen LogP contribution in [0.1, 0.15) is 18.7 Å². The molecule has 0 saturated heterocycles. The Kier molecular flexibility index (Phi) is 4.22. The fourth-order valence-corrected chi connectivity index (χ4v) is 2.21. The third-order valence-corrected chi connectivity index (χ3v) is 3.33. The van der Waals surface area contributed by atoms with Crippen molar-refractivity contribution in [2.75, 3.05) is 7.11 Å². The molecule has 0 atom stereocenters. The second-order valence-electron chi connectivity index (χ2n) is 4.11. The number of methoxy groups -OCH3 is 1. The summed E-state index contributed by atoms with van der Waals surface area (Å²) >= 11 is 1.63. The average molecular weight is 264 g/mol. The van der Waals surface area contributed by atoms with Gasteiger partial charge in [-0.3, -0.25) is 0 Å². The Morgan fingerprint density at radius 2 is 2.17 bits per heavy atom. The summed E-state index contributed by atoms with van der Waals surface area (Å²) in [4.78, 5) is 13.7. The van der Waals surface area contributed by atoms with Crippen LogP contribution in [-0.2, 0) is 6.54 Å². The predicted octanol–water partition coefficient (Wildman–Crippen LogP) is 2.11. The molecule has 0 fully saturated rings. The fraction of sp³-hybridized carbons (Fsp3) is 0.417. The van der Waals surface area contributed by atoms with Gasteiger partial charge >= 0.3 is 0 Å². The first-order valence-corrected chi connectivity index (χ1v) is 6.55. The zero-order valence-corrected chi connectivity index (χ0v) is 11.5. The SMILES string of the molecule is COc1cc(-c2ncc(CNC(C)C)s2)ncn1. The highest BCUT2D eigenvalue weighted by Gasteiger charge is 2.07. The average Bonchev–Trinajstić information content (AvgIpc) is 2.85. The smallest absolute Gasteiger partial charge is 0.216 e. The van der Waals surface area contributed by atoms with Crippen molar-refractivity contribution in [3.05, 3.63) is 23.5 Å². The lowest BCUT2D eigenvalue weighted by Gasteiger charge is -2.04. The van der Waals surface area contributed by atoms with E-state index in [4.69, 9.17) is 4.74 Å². The molecule has 96 valence electrons. The van der Waals surface area contributed by atoms with E-state index in [2.05, 4.69) is 34.1 Å². The number of hydrogen-bond donors (Lipinski definition) is 1. The summed E-state index contributed by atoms with van der Waals surface area (Å²) in [7, 11) is 1.59. The van der Waals surface area contributed by atoms with Crippen molar-refractivity contribution in [2.45, 2.75) is 26.4 Å². The van der Waals surface area contributed by atoms with E-state index in [0.29, 0.717) is 11.9 Å². The Morgan fingerprint density at radius 3 is 2.89 bits per heavy atom. The standard InChI is InChI=1S/C12H16N4OS/c1-8(2)13-5-9-6-14-12(18-9)10-4-11(17-3)16-7-15-10/h4,6-8,13H,5H2,1-3H3. The number of nitrogens with zero attached hydrogens (tertiary/aromatic N) is 3. The first-order chi connectivity index (χ1) is 8.69. The second kappa shape index (κ2) is 5.88. The molecule has 0 aliphatic carbocycles. The molecule has 0 radical (unpaired) electrons. The van der Waals surface area contributed by atoms with E-state index in [9.17, 15) is 0 Å². The Balaban J connectivity index is 2.13. The highest BCUT2D eigenvalue weighted by Crippen LogP contribution is 2.24. The molecule has 0 bridgehead atoms. The van der Waals surface area contributed by atoms with Crippen molar-refractivity contribution in [3.63, 3.8) is 0 Å². The van der Waals surface area contributed by atoms with Crippen LogP contribution in [0.2, 0.25) is 0 Å². The highest BCUT2D eigenvalue weighted by molar-refractivity contribution is 7.14. The van der Waals surface area contributed by atoms with Gasteiger partial charge in [0.05, 0.1) is 7.11 Å². The van der Waals surface area contributed by atoms with Crippen LogP contribution in [-0.4, -0.2) is 28.1 Å². The lowest BCUT2D eigenvalue weighted by atomic mass is 10.4. The van der Waals surface area contributed by atoms with Gasteiger partial charge in [-0.2, -0.15) is 0 Å². The maximum atomic E-state index is 5.08. The van der Waals surface area contributed by atoms with Gasteiger partial charge in [-0.15, -0.1) is 11.3 Å². The van der Waals surface area contributed by atoms with Gasteiger partial charge in [-0.05, 0) is 0 Å². The summed E-state index contributed by atoms with van der Waals surface area (Å²) in [6.07, 6.45) is 3.37. The molecule has 6 heteroatoms. The molecule has 2 heterocycles. The van der Waals surface area contributed by atoms with E-state index in [0.717, 1.165) is 17.2 Å². The topological polar surface area (TPSA) is 59.9 Å². The monoisotopic (exact) mass is 264 g/mol. The minimum atomic E-state index is 0.467. The summed E-state index contributed by atoms with van der Waals surface area (Å²) in [6.45, 7) is 5.08. The number of thiazole rings is 1. The van der Waals surface area contributed by atoms with Gasteiger partial charge < -0.3 is 10.1 Å². The Bertz CT molecular complexity index is 512. The van der Waals surface area contributed by atoms with Crippen LogP contribution in [0, 0.1) is 0 Å². The van der Waals surface area contributed by atoms with Gasteiger partial charge in [0.2, 0.25) is 5.88 Å². The summed E-state index contributed by atoms with van der Waals surface area (Å²) in [6, 6.07) is 2.26. The number of aromatic nitrogens is 3. The van der Waals surface area contributed by atoms with E-state index in [1.54, 1.807) is 24.5 Å². The molecule has 0 unspecified atom stereocenters. The second-order valence-corrected chi connectivity index (χ2v) is 5.23. The van der Waals surface area contributed by atoms with Gasteiger partial charge in [0.15, 0.2) is 0 Å². The first-order valence-electron chi connectivity index (χ1n) is 5.73. The van der Waals surface area contributed by atoms with Crippen LogP contribution < -0.4 is 10.1 Å². The molecule has 2 rings (SSSR count). The van der Waals surface area contributed by atoms with Crippen molar-refractivity contribution in [1.29, 1.82) is 0 Å². The van der Waals surface area contributed by atoms with E-state index < -0.39 is 0 Å². The number of rotatable bonds is 5. The Labute approximate surface area is 110 Å². The van der Waals surface area contributed by atoms with Gasteiger partial charge in [-0.1, -0.05) is 13.8 Å². The van der Waals surface area contributed by atoms with E-state index in [1.165, 1.54) is 11.2 Å². The summed E-state index contributed by atoms with van der Waals surface area (Å²) in [5.74, 6) is 0.553. The molecule has 0 aromatic carbocycles. The number of ether oxygens (including phenoxy) is 1. The van der Waals surface area contributed by atoms with Crippen molar-refractivity contribution < 1.29 is 4.74 Å². The van der Waals surface area contributed by atoms with Crippen LogP contribution in [0.15, 0.2) is 18.6 Å². The van der Waals surface area contributed by atoms with Crippen molar-refractivity contribution in [3.8, 4) is 16.6 Å². The van der Waals surface area contributed by atoms with E-state index in [-0.39, 0.29) is 0 Å². The lowest BCUT2D eigenvalue weighted by molar-refractivity contribution is 0.397. The molecule has 2 aromatic rings. The van der Waals surface area contributed by atoms with Gasteiger partial charge in [-0.25, -0.2) is 15.0 Å². The molecule has 2 aromatic heterocycles. The van der Waals surface area contributed by atoms with Crippen molar-refractivity contribution in [2.24, 2.45) is 0 Å². The van der Waals surface area contributed by atoms with Crippen LogP contribution >= 0.6 is 11.3 Å². The molecule has 18 heavy (non-hydrogen) atoms. The number of nitrogens with one attached hydrogen (secondary N) is 1. The summed E-state index contributed by atoms with van der Waals surface area (Å²) in [5.41, 5.74) is 0.794. The van der Waals surface area contributed by atoms with Crippen LogP contribution in [0.25, 0.3) is 10.7 Å².